The summed E-state index contributed by atoms with van der Waals surface area (Å²) in [6.45, 7) is 4.84. The summed E-state index contributed by atoms with van der Waals surface area (Å²) in [6.07, 6.45) is 0. The van der Waals surface area contributed by atoms with Crippen LogP contribution in [0.1, 0.15) is 13.8 Å². The number of anilines is 1. The third-order valence-electron chi connectivity index (χ3n) is 3.07. The van der Waals surface area contributed by atoms with Crippen LogP contribution in [0.15, 0.2) is 29.2 Å². The van der Waals surface area contributed by atoms with Crippen molar-refractivity contribution in [1.29, 1.82) is 0 Å². The predicted molar refractivity (Wildman–Crippen MR) is 76.1 cm³/mol. The van der Waals surface area contributed by atoms with Gasteiger partial charge in [-0.15, -0.1) is 0 Å². The van der Waals surface area contributed by atoms with Crippen LogP contribution in [-0.4, -0.2) is 40.5 Å². The van der Waals surface area contributed by atoms with Gasteiger partial charge in [0, 0.05) is 5.69 Å². The summed E-state index contributed by atoms with van der Waals surface area (Å²) in [6, 6.07) is 6.62. The number of hydrogen-bond acceptors (Lipinski definition) is 5. The van der Waals surface area contributed by atoms with Crippen molar-refractivity contribution in [3.05, 3.63) is 24.3 Å². The Morgan fingerprint density at radius 1 is 1.15 bits per heavy atom. The average molecular weight is 300 g/mol. The normalized spacial score (nSPS) is 19.8. The predicted octanol–water partition coefficient (Wildman–Crippen LogP) is 1.16. The van der Waals surface area contributed by atoms with Crippen LogP contribution in [0.2, 0.25) is 0 Å². The van der Waals surface area contributed by atoms with Crippen molar-refractivity contribution in [2.75, 3.05) is 25.6 Å². The highest BCUT2D eigenvalue weighted by Gasteiger charge is 2.28. The van der Waals surface area contributed by atoms with Gasteiger partial charge in [-0.2, -0.15) is 0 Å². The van der Waals surface area contributed by atoms with Crippen LogP contribution in [0.25, 0.3) is 0 Å². The van der Waals surface area contributed by atoms with E-state index in [4.69, 9.17) is 9.47 Å². The Labute approximate surface area is 119 Å². The molecule has 0 amide bonds. The largest absolute Gasteiger partial charge is 0.378 e. The highest BCUT2D eigenvalue weighted by molar-refractivity contribution is 7.89. The number of rotatable bonds is 4. The SMILES string of the molecule is CNS(=O)(=O)c1ccc(NC2COC(C)(C)OC2)cc1. The van der Waals surface area contributed by atoms with Crippen molar-refractivity contribution in [2.24, 2.45) is 0 Å². The highest BCUT2D eigenvalue weighted by atomic mass is 32.2. The van der Waals surface area contributed by atoms with Gasteiger partial charge in [-0.1, -0.05) is 0 Å². The first-order valence-electron chi connectivity index (χ1n) is 6.40. The molecule has 0 aliphatic carbocycles. The molecule has 0 unspecified atom stereocenters. The maximum absolute atomic E-state index is 11.6. The molecule has 0 bridgehead atoms. The Hall–Kier alpha value is -1.15. The summed E-state index contributed by atoms with van der Waals surface area (Å²) in [5.74, 6) is -0.539. The maximum atomic E-state index is 11.6. The highest BCUT2D eigenvalue weighted by Crippen LogP contribution is 2.20. The van der Waals surface area contributed by atoms with E-state index in [2.05, 4.69) is 10.0 Å². The van der Waals surface area contributed by atoms with E-state index >= 15 is 0 Å². The maximum Gasteiger partial charge on any atom is 0.240 e. The van der Waals surface area contributed by atoms with Crippen LogP contribution in [0.4, 0.5) is 5.69 Å². The second-order valence-electron chi connectivity index (χ2n) is 5.10. The van der Waals surface area contributed by atoms with Crippen LogP contribution in [-0.2, 0) is 19.5 Å². The quantitative estimate of drug-likeness (QED) is 0.872. The molecule has 1 saturated heterocycles. The number of nitrogens with one attached hydrogen (secondary N) is 2. The molecule has 7 heteroatoms. The van der Waals surface area contributed by atoms with Crippen molar-refractivity contribution >= 4 is 15.7 Å². The fraction of sp³-hybridized carbons (Fsp3) is 0.538. The van der Waals surface area contributed by atoms with Gasteiger partial charge in [0.25, 0.3) is 0 Å². The Kier molecular flexibility index (Phi) is 4.33. The molecule has 0 aromatic heterocycles. The van der Waals surface area contributed by atoms with Crippen LogP contribution >= 0.6 is 0 Å². The van der Waals surface area contributed by atoms with E-state index in [9.17, 15) is 8.42 Å². The molecule has 0 spiro atoms. The molecule has 1 heterocycles. The summed E-state index contributed by atoms with van der Waals surface area (Å²) in [4.78, 5) is 0.239. The Morgan fingerprint density at radius 3 is 2.20 bits per heavy atom. The fourth-order valence-corrected chi connectivity index (χ4v) is 2.59. The van der Waals surface area contributed by atoms with Gasteiger partial charge < -0.3 is 14.8 Å². The topological polar surface area (TPSA) is 76.7 Å². The summed E-state index contributed by atoms with van der Waals surface area (Å²) in [5, 5.41) is 3.25. The Bertz CT molecular complexity index is 544. The molecule has 1 aromatic rings. The molecule has 2 N–H and O–H groups in total. The minimum Gasteiger partial charge on any atom is -0.378 e. The zero-order chi connectivity index (χ0) is 14.8. The van der Waals surface area contributed by atoms with Gasteiger partial charge in [-0.05, 0) is 45.2 Å². The van der Waals surface area contributed by atoms with E-state index in [0.29, 0.717) is 13.2 Å². The van der Waals surface area contributed by atoms with E-state index in [-0.39, 0.29) is 10.9 Å². The number of hydrogen-bond donors (Lipinski definition) is 2. The van der Waals surface area contributed by atoms with Gasteiger partial charge in [0.2, 0.25) is 10.0 Å². The lowest BCUT2D eigenvalue weighted by Gasteiger charge is -2.35. The zero-order valence-electron chi connectivity index (χ0n) is 11.8. The molecule has 6 nitrogen and oxygen atoms in total. The first-order valence-corrected chi connectivity index (χ1v) is 7.89. The summed E-state index contributed by atoms with van der Waals surface area (Å²) < 4.78 is 36.6. The molecule has 1 aliphatic rings. The molecule has 1 aromatic carbocycles. The van der Waals surface area contributed by atoms with Crippen LogP contribution in [0.5, 0.6) is 0 Å². The average Bonchev–Trinajstić information content (AvgIpc) is 2.42. The smallest absolute Gasteiger partial charge is 0.240 e. The Balaban J connectivity index is 1.98. The van der Waals surface area contributed by atoms with Crippen LogP contribution in [0.3, 0.4) is 0 Å². The molecule has 20 heavy (non-hydrogen) atoms. The fourth-order valence-electron chi connectivity index (χ4n) is 1.86. The van der Waals surface area contributed by atoms with Crippen molar-refractivity contribution in [1.82, 2.24) is 4.72 Å². The number of benzene rings is 1. The van der Waals surface area contributed by atoms with Crippen molar-refractivity contribution in [3.8, 4) is 0 Å². The standard InChI is InChI=1S/C13H20N2O4S/c1-13(2)18-8-11(9-19-13)15-10-4-6-12(7-5-10)20(16,17)14-3/h4-7,11,14-15H,8-9H2,1-3H3. The second kappa shape index (κ2) is 5.69. The van der Waals surface area contributed by atoms with Gasteiger partial charge >= 0.3 is 0 Å². The van der Waals surface area contributed by atoms with Gasteiger partial charge in [0.15, 0.2) is 5.79 Å². The third kappa shape index (κ3) is 3.69. The summed E-state index contributed by atoms with van der Waals surface area (Å²) >= 11 is 0. The molecule has 2 rings (SSSR count). The lowest BCUT2D eigenvalue weighted by molar-refractivity contribution is -0.247. The molecule has 0 saturated carbocycles. The molecule has 1 fully saturated rings. The molecule has 112 valence electrons. The van der Waals surface area contributed by atoms with Crippen molar-refractivity contribution in [3.63, 3.8) is 0 Å². The first-order chi connectivity index (χ1) is 9.32. The minimum atomic E-state index is -3.39. The molecule has 0 atom stereocenters. The van der Waals surface area contributed by atoms with E-state index < -0.39 is 15.8 Å². The minimum absolute atomic E-state index is 0.0507. The molecule has 0 radical (unpaired) electrons. The van der Waals surface area contributed by atoms with Gasteiger partial charge in [-0.3, -0.25) is 0 Å². The van der Waals surface area contributed by atoms with E-state index in [1.807, 2.05) is 13.8 Å². The van der Waals surface area contributed by atoms with E-state index in [1.165, 1.54) is 7.05 Å². The number of sulfonamides is 1. The molecular weight excluding hydrogens is 280 g/mol. The van der Waals surface area contributed by atoms with Gasteiger partial charge in [0.1, 0.15) is 0 Å². The zero-order valence-corrected chi connectivity index (χ0v) is 12.7. The first kappa shape index (κ1) is 15.2. The number of ether oxygens (including phenoxy) is 2. The summed E-state index contributed by atoms with van der Waals surface area (Å²) in [7, 11) is -2.00. The third-order valence-corrected chi connectivity index (χ3v) is 4.50. The van der Waals surface area contributed by atoms with Crippen molar-refractivity contribution in [2.45, 2.75) is 30.6 Å². The van der Waals surface area contributed by atoms with E-state index in [0.717, 1.165) is 5.69 Å². The van der Waals surface area contributed by atoms with Gasteiger partial charge in [0.05, 0.1) is 24.2 Å². The Morgan fingerprint density at radius 2 is 1.70 bits per heavy atom. The van der Waals surface area contributed by atoms with Gasteiger partial charge in [-0.25, -0.2) is 13.1 Å². The van der Waals surface area contributed by atoms with Crippen LogP contribution in [0, 0.1) is 0 Å². The second-order valence-corrected chi connectivity index (χ2v) is 6.98. The van der Waals surface area contributed by atoms with Crippen molar-refractivity contribution < 1.29 is 17.9 Å². The monoisotopic (exact) mass is 300 g/mol. The lowest BCUT2D eigenvalue weighted by atomic mass is 10.2. The van der Waals surface area contributed by atoms with Crippen LogP contribution < -0.4 is 10.0 Å². The van der Waals surface area contributed by atoms with E-state index in [1.54, 1.807) is 24.3 Å². The lowest BCUT2D eigenvalue weighted by Crippen LogP contribution is -2.45. The molecular formula is C13H20N2O4S. The summed E-state index contributed by atoms with van der Waals surface area (Å²) in [5.41, 5.74) is 0.831. The molecule has 1 aliphatic heterocycles.